The maximum absolute atomic E-state index is 5.83. The van der Waals surface area contributed by atoms with Gasteiger partial charge in [0.25, 0.3) is 0 Å². The van der Waals surface area contributed by atoms with E-state index in [1.807, 2.05) is 12.1 Å². The summed E-state index contributed by atoms with van der Waals surface area (Å²) in [6.45, 7) is 10.6. The molecule has 1 saturated heterocycles. The number of nitrogens with one attached hydrogen (secondary N) is 1. The van der Waals surface area contributed by atoms with Crippen LogP contribution in [0.25, 0.3) is 0 Å². The smallest absolute Gasteiger partial charge is 0.144 e. The van der Waals surface area contributed by atoms with Crippen LogP contribution in [0.4, 0.5) is 11.4 Å². The number of ether oxygens (including phenoxy) is 1. The molecule has 6 nitrogen and oxygen atoms in total. The number of likely N-dealkylation sites (N-methyl/N-ethyl adjacent to an activating group) is 1. The highest BCUT2D eigenvalue weighted by molar-refractivity contribution is 5.65. The largest absolute Gasteiger partial charge is 0.489 e. The quantitative estimate of drug-likeness (QED) is 0.581. The third-order valence-electron chi connectivity index (χ3n) is 4.70. The Balaban J connectivity index is 1.37. The van der Waals surface area contributed by atoms with Crippen molar-refractivity contribution in [2.24, 2.45) is 0 Å². The Morgan fingerprint density at radius 3 is 2.70 bits per heavy atom. The predicted octanol–water partition coefficient (Wildman–Crippen LogP) is 0.305. The van der Waals surface area contributed by atoms with Crippen molar-refractivity contribution in [2.45, 2.75) is 0 Å². The first-order valence-electron chi connectivity index (χ1n) is 8.61. The highest BCUT2D eigenvalue weighted by atomic mass is 16.5. The summed E-state index contributed by atoms with van der Waals surface area (Å²) in [6.07, 6.45) is 0. The Morgan fingerprint density at radius 1 is 1.09 bits per heavy atom. The first-order valence-corrected chi connectivity index (χ1v) is 8.61. The maximum Gasteiger partial charge on any atom is 0.144 e. The number of rotatable bonds is 6. The number of nitrogens with zero attached hydrogens (tertiary/aromatic N) is 3. The van der Waals surface area contributed by atoms with Crippen LogP contribution in [0.2, 0.25) is 0 Å². The van der Waals surface area contributed by atoms with E-state index in [1.54, 1.807) is 0 Å². The third kappa shape index (κ3) is 4.50. The standard InChI is InChI=1S/C17H29N5O/c1-20-8-10-21(11-9-20)6-4-19-5-7-22-12-13-23-17-14-15(18)2-3-16(17)22/h2-3,14,19H,4-13,18H2,1H3. The summed E-state index contributed by atoms with van der Waals surface area (Å²) in [6, 6.07) is 5.93. The molecule has 1 aromatic rings. The monoisotopic (exact) mass is 319 g/mol. The van der Waals surface area contributed by atoms with Gasteiger partial charge in [-0.3, -0.25) is 4.90 Å². The van der Waals surface area contributed by atoms with E-state index in [2.05, 4.69) is 33.1 Å². The van der Waals surface area contributed by atoms with Crippen molar-refractivity contribution in [3.05, 3.63) is 18.2 Å². The number of hydrogen-bond donors (Lipinski definition) is 2. The van der Waals surface area contributed by atoms with Gasteiger partial charge in [0.05, 0.1) is 12.2 Å². The first-order chi connectivity index (χ1) is 11.2. The van der Waals surface area contributed by atoms with Gasteiger partial charge in [-0.2, -0.15) is 0 Å². The Bertz CT molecular complexity index is 502. The molecule has 0 saturated carbocycles. The van der Waals surface area contributed by atoms with Crippen LogP contribution in [-0.4, -0.2) is 82.4 Å². The molecule has 23 heavy (non-hydrogen) atoms. The predicted molar refractivity (Wildman–Crippen MR) is 95.4 cm³/mol. The van der Waals surface area contributed by atoms with Crippen molar-refractivity contribution in [3.8, 4) is 5.75 Å². The molecule has 0 atom stereocenters. The van der Waals surface area contributed by atoms with Gasteiger partial charge >= 0.3 is 0 Å². The number of hydrogen-bond acceptors (Lipinski definition) is 6. The van der Waals surface area contributed by atoms with Crippen molar-refractivity contribution in [2.75, 3.05) is 83.2 Å². The molecule has 6 heteroatoms. The summed E-state index contributed by atoms with van der Waals surface area (Å²) in [5.41, 5.74) is 7.75. The second-order valence-electron chi connectivity index (χ2n) is 6.46. The van der Waals surface area contributed by atoms with Crippen molar-refractivity contribution < 1.29 is 4.74 Å². The molecule has 0 spiro atoms. The van der Waals surface area contributed by atoms with Crippen LogP contribution in [0.3, 0.4) is 0 Å². The average molecular weight is 319 g/mol. The summed E-state index contributed by atoms with van der Waals surface area (Å²) in [5.74, 6) is 0.911. The minimum atomic E-state index is 0.734. The summed E-state index contributed by atoms with van der Waals surface area (Å²) in [5, 5.41) is 3.57. The van der Waals surface area contributed by atoms with E-state index in [0.29, 0.717) is 0 Å². The van der Waals surface area contributed by atoms with E-state index >= 15 is 0 Å². The molecular formula is C17H29N5O. The molecular weight excluding hydrogens is 290 g/mol. The Kier molecular flexibility index (Phi) is 5.59. The van der Waals surface area contributed by atoms with Crippen LogP contribution in [0.5, 0.6) is 5.75 Å². The van der Waals surface area contributed by atoms with Crippen molar-refractivity contribution >= 4 is 11.4 Å². The van der Waals surface area contributed by atoms with Gasteiger partial charge in [0.15, 0.2) is 0 Å². The second-order valence-corrected chi connectivity index (χ2v) is 6.46. The molecule has 3 rings (SSSR count). The van der Waals surface area contributed by atoms with Crippen LogP contribution < -0.4 is 20.7 Å². The highest BCUT2D eigenvalue weighted by Crippen LogP contribution is 2.32. The Hall–Kier alpha value is -1.50. The van der Waals surface area contributed by atoms with Gasteiger partial charge in [-0.25, -0.2) is 0 Å². The molecule has 1 aromatic carbocycles. The van der Waals surface area contributed by atoms with E-state index in [-0.39, 0.29) is 0 Å². The van der Waals surface area contributed by atoms with E-state index < -0.39 is 0 Å². The molecule has 0 unspecified atom stereocenters. The molecule has 2 heterocycles. The fraction of sp³-hybridized carbons (Fsp3) is 0.647. The van der Waals surface area contributed by atoms with Gasteiger partial charge in [0, 0.05) is 64.1 Å². The van der Waals surface area contributed by atoms with Gasteiger partial charge in [0.2, 0.25) is 0 Å². The van der Waals surface area contributed by atoms with Gasteiger partial charge in [-0.15, -0.1) is 0 Å². The lowest BCUT2D eigenvalue weighted by molar-refractivity contribution is 0.155. The van der Waals surface area contributed by atoms with Gasteiger partial charge in [-0.1, -0.05) is 0 Å². The van der Waals surface area contributed by atoms with Gasteiger partial charge in [-0.05, 0) is 19.2 Å². The average Bonchev–Trinajstić information content (AvgIpc) is 2.56. The molecule has 128 valence electrons. The lowest BCUT2D eigenvalue weighted by atomic mass is 10.2. The van der Waals surface area contributed by atoms with Crippen molar-refractivity contribution in [1.82, 2.24) is 15.1 Å². The molecule has 2 aliphatic rings. The van der Waals surface area contributed by atoms with Crippen molar-refractivity contribution in [3.63, 3.8) is 0 Å². The molecule has 0 amide bonds. The van der Waals surface area contributed by atoms with E-state index in [1.165, 1.54) is 26.2 Å². The number of nitrogen functional groups attached to an aromatic ring is 1. The minimum Gasteiger partial charge on any atom is -0.489 e. The lowest BCUT2D eigenvalue weighted by Crippen LogP contribution is -2.47. The van der Waals surface area contributed by atoms with Gasteiger partial charge in [0.1, 0.15) is 12.4 Å². The summed E-state index contributed by atoms with van der Waals surface area (Å²) in [4.78, 5) is 7.31. The number of fused-ring (bicyclic) bond motifs is 1. The van der Waals surface area contributed by atoms with E-state index in [9.17, 15) is 0 Å². The molecule has 0 aromatic heterocycles. The zero-order valence-electron chi connectivity index (χ0n) is 14.1. The number of piperazine rings is 1. The normalized spacial score (nSPS) is 19.4. The molecule has 0 radical (unpaired) electrons. The van der Waals surface area contributed by atoms with Crippen LogP contribution in [0.15, 0.2) is 18.2 Å². The van der Waals surface area contributed by atoms with Crippen LogP contribution in [-0.2, 0) is 0 Å². The molecule has 0 aliphatic carbocycles. The fourth-order valence-electron chi connectivity index (χ4n) is 3.17. The highest BCUT2D eigenvalue weighted by Gasteiger charge is 2.17. The SMILES string of the molecule is CN1CCN(CCNCCN2CCOc3cc(N)ccc32)CC1. The lowest BCUT2D eigenvalue weighted by Gasteiger charge is -2.33. The van der Waals surface area contributed by atoms with Gasteiger partial charge < -0.3 is 25.6 Å². The summed E-state index contributed by atoms with van der Waals surface area (Å²) in [7, 11) is 2.20. The zero-order chi connectivity index (χ0) is 16.1. The third-order valence-corrected chi connectivity index (χ3v) is 4.70. The molecule has 3 N–H and O–H groups in total. The number of benzene rings is 1. The molecule has 1 fully saturated rings. The maximum atomic E-state index is 5.83. The molecule has 0 bridgehead atoms. The number of anilines is 2. The molecule has 2 aliphatic heterocycles. The number of nitrogens with two attached hydrogens (primary N) is 1. The topological polar surface area (TPSA) is 57.0 Å². The first kappa shape index (κ1) is 16.4. The van der Waals surface area contributed by atoms with E-state index in [0.717, 1.165) is 56.5 Å². The zero-order valence-corrected chi connectivity index (χ0v) is 14.1. The minimum absolute atomic E-state index is 0.734. The summed E-state index contributed by atoms with van der Waals surface area (Å²) >= 11 is 0. The Labute approximate surface area is 139 Å². The van der Waals surface area contributed by atoms with E-state index in [4.69, 9.17) is 10.5 Å². The van der Waals surface area contributed by atoms with Crippen LogP contribution in [0.1, 0.15) is 0 Å². The van der Waals surface area contributed by atoms with Crippen LogP contribution >= 0.6 is 0 Å². The fourth-order valence-corrected chi connectivity index (χ4v) is 3.17. The van der Waals surface area contributed by atoms with Crippen molar-refractivity contribution in [1.29, 1.82) is 0 Å². The summed E-state index contributed by atoms with van der Waals surface area (Å²) < 4.78 is 5.70. The van der Waals surface area contributed by atoms with Crippen LogP contribution in [0, 0.1) is 0 Å². The Morgan fingerprint density at radius 2 is 1.87 bits per heavy atom. The second kappa shape index (κ2) is 7.86.